The fourth-order valence-corrected chi connectivity index (χ4v) is 2.44. The Balaban J connectivity index is 1.65. The van der Waals surface area contributed by atoms with E-state index in [0.29, 0.717) is 0 Å². The van der Waals surface area contributed by atoms with Crippen LogP contribution in [0.3, 0.4) is 0 Å². The normalized spacial score (nSPS) is 10.3. The van der Waals surface area contributed by atoms with Crippen LogP contribution in [-0.4, -0.2) is 5.91 Å². The molecule has 0 aromatic heterocycles. The lowest BCUT2D eigenvalue weighted by molar-refractivity contribution is -0.114. The molecule has 0 unspecified atom stereocenters. The van der Waals surface area contributed by atoms with Crippen molar-refractivity contribution < 1.29 is 4.79 Å². The molecule has 0 bridgehead atoms. The molecule has 0 fully saturated rings. The minimum atomic E-state index is -0.0244. The Morgan fingerprint density at radius 2 is 1.38 bits per heavy atom. The van der Waals surface area contributed by atoms with Crippen molar-refractivity contribution >= 4 is 11.6 Å². The molecule has 0 saturated heterocycles. The quantitative estimate of drug-likeness (QED) is 0.738. The molecule has 0 atom stereocenters. The van der Waals surface area contributed by atoms with Gasteiger partial charge in [0.15, 0.2) is 0 Å². The molecule has 0 radical (unpaired) electrons. The van der Waals surface area contributed by atoms with Gasteiger partial charge in [0.2, 0.25) is 5.91 Å². The first-order valence-electron chi connectivity index (χ1n) is 7.64. The highest BCUT2D eigenvalue weighted by molar-refractivity contribution is 5.88. The molecule has 0 aliphatic heterocycles. The fraction of sp³-hybridized carbons (Fsp3) is 0.316. The molecule has 1 amide bonds. The minimum absolute atomic E-state index is 0.0244. The molecule has 0 spiro atoms. The first kappa shape index (κ1) is 15.3. The zero-order valence-electron chi connectivity index (χ0n) is 12.6. The van der Waals surface area contributed by atoms with Crippen LogP contribution >= 0.6 is 0 Å². The number of anilines is 1. The number of benzene rings is 2. The number of unbranched alkanes of at least 4 members (excludes halogenated alkanes) is 2. The molecule has 2 aromatic carbocycles. The summed E-state index contributed by atoms with van der Waals surface area (Å²) < 4.78 is 0. The lowest BCUT2D eigenvalue weighted by atomic mass is 10.0. The second-order valence-electron chi connectivity index (χ2n) is 5.42. The second kappa shape index (κ2) is 8.25. The maximum atomic E-state index is 10.9. The van der Waals surface area contributed by atoms with Gasteiger partial charge in [0.05, 0.1) is 0 Å². The van der Waals surface area contributed by atoms with Crippen LogP contribution in [0.5, 0.6) is 0 Å². The van der Waals surface area contributed by atoms with Crippen molar-refractivity contribution in [1.82, 2.24) is 0 Å². The van der Waals surface area contributed by atoms with E-state index in [1.165, 1.54) is 43.7 Å². The van der Waals surface area contributed by atoms with Crippen molar-refractivity contribution in [3.05, 3.63) is 65.7 Å². The Kier molecular flexibility index (Phi) is 6.01. The lowest BCUT2D eigenvalue weighted by Crippen LogP contribution is -2.05. The molecule has 0 saturated carbocycles. The summed E-state index contributed by atoms with van der Waals surface area (Å²) in [7, 11) is 0. The Morgan fingerprint density at radius 1 is 0.810 bits per heavy atom. The van der Waals surface area contributed by atoms with Gasteiger partial charge in [0, 0.05) is 12.6 Å². The highest BCUT2D eigenvalue weighted by atomic mass is 16.1. The summed E-state index contributed by atoms with van der Waals surface area (Å²) in [6.45, 7) is 1.53. The summed E-state index contributed by atoms with van der Waals surface area (Å²) >= 11 is 0. The van der Waals surface area contributed by atoms with Crippen molar-refractivity contribution in [2.24, 2.45) is 0 Å². The van der Waals surface area contributed by atoms with Gasteiger partial charge in [-0.2, -0.15) is 0 Å². The number of nitrogens with one attached hydrogen (secondary N) is 1. The van der Waals surface area contributed by atoms with Gasteiger partial charge in [-0.25, -0.2) is 0 Å². The van der Waals surface area contributed by atoms with Gasteiger partial charge in [-0.05, 0) is 48.9 Å². The van der Waals surface area contributed by atoms with E-state index in [-0.39, 0.29) is 5.91 Å². The van der Waals surface area contributed by atoms with Crippen LogP contribution in [0.2, 0.25) is 0 Å². The van der Waals surface area contributed by atoms with E-state index in [1.54, 1.807) is 0 Å². The Hall–Kier alpha value is -2.09. The molecule has 0 aliphatic carbocycles. The van der Waals surface area contributed by atoms with Gasteiger partial charge in [-0.3, -0.25) is 4.79 Å². The van der Waals surface area contributed by atoms with E-state index < -0.39 is 0 Å². The molecular formula is C19H23NO. The predicted molar refractivity (Wildman–Crippen MR) is 88.4 cm³/mol. The second-order valence-corrected chi connectivity index (χ2v) is 5.42. The van der Waals surface area contributed by atoms with Crippen molar-refractivity contribution in [3.8, 4) is 0 Å². The van der Waals surface area contributed by atoms with Crippen molar-refractivity contribution in [2.45, 2.75) is 39.0 Å². The lowest BCUT2D eigenvalue weighted by Gasteiger charge is -2.05. The predicted octanol–water partition coefficient (Wildman–Crippen LogP) is 4.60. The van der Waals surface area contributed by atoms with Gasteiger partial charge in [-0.1, -0.05) is 48.9 Å². The number of hydrogen-bond donors (Lipinski definition) is 1. The van der Waals surface area contributed by atoms with Crippen LogP contribution in [-0.2, 0) is 17.6 Å². The molecule has 0 aliphatic rings. The first-order valence-corrected chi connectivity index (χ1v) is 7.64. The Labute approximate surface area is 127 Å². The molecule has 110 valence electrons. The van der Waals surface area contributed by atoms with Crippen LogP contribution in [0.1, 0.15) is 37.3 Å². The van der Waals surface area contributed by atoms with Crippen LogP contribution in [0.25, 0.3) is 0 Å². The van der Waals surface area contributed by atoms with E-state index in [1.807, 2.05) is 12.1 Å². The van der Waals surface area contributed by atoms with Crippen molar-refractivity contribution in [3.63, 3.8) is 0 Å². The van der Waals surface area contributed by atoms with E-state index in [0.717, 1.165) is 12.1 Å². The number of carbonyl (C=O) groups excluding carboxylic acids is 1. The molecule has 1 N–H and O–H groups in total. The number of carbonyl (C=O) groups is 1. The largest absolute Gasteiger partial charge is 0.326 e. The summed E-state index contributed by atoms with van der Waals surface area (Å²) in [4.78, 5) is 10.9. The van der Waals surface area contributed by atoms with E-state index in [4.69, 9.17) is 0 Å². The van der Waals surface area contributed by atoms with Gasteiger partial charge in [0.1, 0.15) is 0 Å². The highest BCUT2D eigenvalue weighted by Crippen LogP contribution is 2.13. The van der Waals surface area contributed by atoms with Gasteiger partial charge in [-0.15, -0.1) is 0 Å². The third kappa shape index (κ3) is 5.82. The van der Waals surface area contributed by atoms with E-state index >= 15 is 0 Å². The van der Waals surface area contributed by atoms with Crippen LogP contribution in [0.15, 0.2) is 54.6 Å². The third-order valence-corrected chi connectivity index (χ3v) is 3.55. The summed E-state index contributed by atoms with van der Waals surface area (Å²) in [5.41, 5.74) is 3.64. The summed E-state index contributed by atoms with van der Waals surface area (Å²) in [5.74, 6) is -0.0244. The molecule has 2 rings (SSSR count). The molecule has 2 nitrogen and oxygen atoms in total. The number of rotatable bonds is 7. The first-order chi connectivity index (χ1) is 10.2. The molecule has 2 aromatic rings. The zero-order chi connectivity index (χ0) is 14.9. The molecule has 2 heteroatoms. The SMILES string of the molecule is CC(=O)Nc1ccc(CCCCCc2ccccc2)cc1. The topological polar surface area (TPSA) is 29.1 Å². The standard InChI is InChI=1S/C19H23NO/c1-16(21)20-19-14-12-18(13-15-19)11-7-3-6-10-17-8-4-2-5-9-17/h2,4-5,8-9,12-15H,3,6-7,10-11H2,1H3,(H,20,21). The maximum absolute atomic E-state index is 10.9. The molecule has 21 heavy (non-hydrogen) atoms. The van der Waals surface area contributed by atoms with Crippen LogP contribution in [0.4, 0.5) is 5.69 Å². The smallest absolute Gasteiger partial charge is 0.221 e. The zero-order valence-corrected chi connectivity index (χ0v) is 12.6. The van der Waals surface area contributed by atoms with Gasteiger partial charge >= 0.3 is 0 Å². The summed E-state index contributed by atoms with van der Waals surface area (Å²) in [6, 6.07) is 18.8. The van der Waals surface area contributed by atoms with Gasteiger partial charge in [0.25, 0.3) is 0 Å². The summed E-state index contributed by atoms with van der Waals surface area (Å²) in [6.07, 6.45) is 5.99. The van der Waals surface area contributed by atoms with E-state index in [9.17, 15) is 4.79 Å². The number of aryl methyl sites for hydroxylation is 2. The Morgan fingerprint density at radius 3 is 1.95 bits per heavy atom. The van der Waals surface area contributed by atoms with Crippen molar-refractivity contribution in [2.75, 3.05) is 5.32 Å². The maximum Gasteiger partial charge on any atom is 0.221 e. The fourth-order valence-electron chi connectivity index (χ4n) is 2.44. The third-order valence-electron chi connectivity index (χ3n) is 3.55. The number of amides is 1. The van der Waals surface area contributed by atoms with Gasteiger partial charge < -0.3 is 5.32 Å². The van der Waals surface area contributed by atoms with Crippen LogP contribution < -0.4 is 5.32 Å². The average molecular weight is 281 g/mol. The summed E-state index contributed by atoms with van der Waals surface area (Å²) in [5, 5.41) is 2.79. The molecular weight excluding hydrogens is 258 g/mol. The monoisotopic (exact) mass is 281 g/mol. The minimum Gasteiger partial charge on any atom is -0.326 e. The highest BCUT2D eigenvalue weighted by Gasteiger charge is 1.98. The Bertz CT molecular complexity index is 546. The van der Waals surface area contributed by atoms with Crippen molar-refractivity contribution in [1.29, 1.82) is 0 Å². The number of hydrogen-bond acceptors (Lipinski definition) is 1. The average Bonchev–Trinajstić information content (AvgIpc) is 2.49. The van der Waals surface area contributed by atoms with Crippen LogP contribution in [0, 0.1) is 0 Å². The molecule has 0 heterocycles. The van der Waals surface area contributed by atoms with E-state index in [2.05, 4.69) is 47.8 Å².